The van der Waals surface area contributed by atoms with Crippen molar-refractivity contribution in [2.24, 2.45) is 0 Å². The number of aromatic hydroxyl groups is 1. The van der Waals surface area contributed by atoms with Gasteiger partial charge >= 0.3 is 6.09 Å². The van der Waals surface area contributed by atoms with E-state index in [1.54, 1.807) is 26.0 Å². The van der Waals surface area contributed by atoms with Crippen LogP contribution in [0.1, 0.15) is 25.5 Å². The van der Waals surface area contributed by atoms with Gasteiger partial charge in [-0.05, 0) is 31.5 Å². The molecule has 0 saturated carbocycles. The number of benzene rings is 1. The van der Waals surface area contributed by atoms with Gasteiger partial charge in [-0.1, -0.05) is 12.1 Å². The van der Waals surface area contributed by atoms with Crippen LogP contribution in [0, 0.1) is 0 Å². The number of nitrogens with two attached hydrogens (primary N) is 2. The van der Waals surface area contributed by atoms with E-state index in [1.165, 1.54) is 18.2 Å². The highest BCUT2D eigenvalue weighted by Crippen LogP contribution is 2.30. The number of carbonyl (C=O) groups excluding carboxylic acids is 1. The Balaban J connectivity index is 2.17. The molecule has 9 heteroatoms. The minimum atomic E-state index is -0.870. The highest BCUT2D eigenvalue weighted by molar-refractivity contribution is 5.87. The molecule has 8 N–H and O–H groups in total. The van der Waals surface area contributed by atoms with Crippen LogP contribution in [0.2, 0.25) is 0 Å². The van der Waals surface area contributed by atoms with Gasteiger partial charge in [0, 0.05) is 6.07 Å². The first-order valence-corrected chi connectivity index (χ1v) is 8.05. The quantitative estimate of drug-likeness (QED) is 0.456. The van der Waals surface area contributed by atoms with Crippen molar-refractivity contribution in [3.8, 4) is 5.75 Å². The molecule has 0 spiro atoms. The van der Waals surface area contributed by atoms with Crippen LogP contribution in [0.15, 0.2) is 30.3 Å². The normalized spacial score (nSPS) is 12.9. The van der Waals surface area contributed by atoms with Crippen molar-refractivity contribution >= 4 is 29.1 Å². The summed E-state index contributed by atoms with van der Waals surface area (Å²) < 4.78 is 4.80. The number of aromatic nitrogens is 1. The number of nitrogens with zero attached hydrogens (tertiary/aromatic N) is 1. The number of nitrogens with one attached hydrogen (secondary N) is 2. The number of rotatable bonds is 6. The number of hydrogen-bond donors (Lipinski definition) is 6. The van der Waals surface area contributed by atoms with Gasteiger partial charge in [0.2, 0.25) is 0 Å². The van der Waals surface area contributed by atoms with Crippen LogP contribution >= 0.6 is 0 Å². The Bertz CT molecular complexity index is 766. The molecule has 0 bridgehead atoms. The minimum Gasteiger partial charge on any atom is -0.508 e. The Hall–Kier alpha value is -3.20. The van der Waals surface area contributed by atoms with E-state index < -0.39 is 18.2 Å². The van der Waals surface area contributed by atoms with Gasteiger partial charge in [0.05, 0.1) is 30.1 Å². The fourth-order valence-corrected chi connectivity index (χ4v) is 2.31. The van der Waals surface area contributed by atoms with Crippen LogP contribution in [-0.2, 0) is 4.74 Å². The fraction of sp³-hybridized carbons (Fsp3) is 0.294. The third kappa shape index (κ3) is 4.67. The molecule has 2 aromatic rings. The smallest absolute Gasteiger partial charge is 0.412 e. The lowest BCUT2D eigenvalue weighted by atomic mass is 10.0. The minimum absolute atomic E-state index is 0.0353. The maximum absolute atomic E-state index is 11.5. The van der Waals surface area contributed by atoms with E-state index in [0.717, 1.165) is 0 Å². The lowest BCUT2D eigenvalue weighted by Gasteiger charge is -2.23. The summed E-state index contributed by atoms with van der Waals surface area (Å²) in [4.78, 5) is 15.5. The number of hydrogen-bond acceptors (Lipinski definition) is 8. The number of nitrogen functional groups attached to an aromatic ring is 2. The zero-order valence-electron chi connectivity index (χ0n) is 14.6. The highest BCUT2D eigenvalue weighted by Gasteiger charge is 2.19. The number of ether oxygens (including phenoxy) is 1. The molecule has 2 atom stereocenters. The van der Waals surface area contributed by atoms with Gasteiger partial charge in [-0.15, -0.1) is 0 Å². The number of anilines is 4. The van der Waals surface area contributed by atoms with E-state index in [-0.39, 0.29) is 29.7 Å². The summed E-state index contributed by atoms with van der Waals surface area (Å²) in [6.45, 7) is 3.66. The first-order chi connectivity index (χ1) is 12.3. The van der Waals surface area contributed by atoms with E-state index in [1.807, 2.05) is 0 Å². The maximum atomic E-state index is 11.5. The zero-order valence-corrected chi connectivity index (χ0v) is 14.6. The van der Waals surface area contributed by atoms with Crippen LogP contribution in [0.3, 0.4) is 0 Å². The molecule has 0 aliphatic rings. The topological polar surface area (TPSA) is 156 Å². The first-order valence-electron chi connectivity index (χ1n) is 8.05. The van der Waals surface area contributed by atoms with Gasteiger partial charge in [-0.2, -0.15) is 0 Å². The van der Waals surface area contributed by atoms with Crippen molar-refractivity contribution in [3.63, 3.8) is 0 Å². The third-order valence-corrected chi connectivity index (χ3v) is 3.69. The molecule has 0 saturated heterocycles. The van der Waals surface area contributed by atoms with Gasteiger partial charge in [-0.25, -0.2) is 9.78 Å². The second-order valence-electron chi connectivity index (χ2n) is 5.67. The molecule has 1 aromatic heterocycles. The lowest BCUT2D eigenvalue weighted by Crippen LogP contribution is -2.25. The molecule has 9 nitrogen and oxygen atoms in total. The molecule has 26 heavy (non-hydrogen) atoms. The Morgan fingerprint density at radius 1 is 1.31 bits per heavy atom. The van der Waals surface area contributed by atoms with Gasteiger partial charge in [-0.3, -0.25) is 5.32 Å². The lowest BCUT2D eigenvalue weighted by molar-refractivity contribution is 0.160. The number of aliphatic hydroxyl groups excluding tert-OH is 1. The summed E-state index contributed by atoms with van der Waals surface area (Å²) in [7, 11) is 0. The molecular weight excluding hydrogens is 338 g/mol. The van der Waals surface area contributed by atoms with Crippen LogP contribution in [0.25, 0.3) is 0 Å². The SMILES string of the molecule is CCOC(=O)Nc1cc(N[C@@H](C)[C@H](O)c2ccc(O)cc2)c(N)c(N)n1. The van der Waals surface area contributed by atoms with E-state index in [0.29, 0.717) is 11.3 Å². The molecule has 140 valence electrons. The molecule has 1 amide bonds. The Morgan fingerprint density at radius 3 is 2.58 bits per heavy atom. The largest absolute Gasteiger partial charge is 0.508 e. The van der Waals surface area contributed by atoms with Crippen LogP contribution in [0.4, 0.5) is 27.8 Å². The number of amides is 1. The molecular formula is C17H23N5O4. The molecule has 1 aromatic carbocycles. The Kier molecular flexibility index (Phi) is 6.07. The number of phenols is 1. The van der Waals surface area contributed by atoms with Crippen molar-refractivity contribution in [1.29, 1.82) is 0 Å². The summed E-state index contributed by atoms with van der Waals surface area (Å²) in [6.07, 6.45) is -1.53. The summed E-state index contributed by atoms with van der Waals surface area (Å²) in [5.41, 5.74) is 13.0. The van der Waals surface area contributed by atoms with E-state index in [2.05, 4.69) is 15.6 Å². The summed E-state index contributed by atoms with van der Waals surface area (Å²) in [5, 5.41) is 25.3. The van der Waals surface area contributed by atoms with Crippen molar-refractivity contribution in [2.75, 3.05) is 28.7 Å². The van der Waals surface area contributed by atoms with Gasteiger partial charge < -0.3 is 31.7 Å². The second kappa shape index (κ2) is 8.26. The van der Waals surface area contributed by atoms with E-state index in [4.69, 9.17) is 16.2 Å². The van der Waals surface area contributed by atoms with E-state index in [9.17, 15) is 15.0 Å². The fourth-order valence-electron chi connectivity index (χ4n) is 2.31. The van der Waals surface area contributed by atoms with Crippen LogP contribution in [-0.4, -0.2) is 33.9 Å². The summed E-state index contributed by atoms with van der Waals surface area (Å²) in [5.74, 6) is 0.319. The molecule has 0 unspecified atom stereocenters. The number of phenolic OH excluding ortho intramolecular Hbond substituents is 1. The van der Waals surface area contributed by atoms with Gasteiger partial charge in [0.15, 0.2) is 5.82 Å². The highest BCUT2D eigenvalue weighted by atomic mass is 16.5. The zero-order chi connectivity index (χ0) is 19.3. The standard InChI is InChI=1S/C17H23N5O4/c1-3-26-17(25)22-13-8-12(14(18)16(19)21-13)20-9(2)15(24)10-4-6-11(23)7-5-10/h4-9,15,23-24H,3,18H2,1-2H3,(H4,19,20,21,22,25)/t9-,15-/m0/s1. The summed E-state index contributed by atoms with van der Waals surface area (Å²) in [6, 6.07) is 7.28. The van der Waals surface area contributed by atoms with Gasteiger partial charge in [0.1, 0.15) is 11.6 Å². The van der Waals surface area contributed by atoms with Crippen LogP contribution < -0.4 is 22.1 Å². The van der Waals surface area contributed by atoms with Crippen LogP contribution in [0.5, 0.6) is 5.75 Å². The maximum Gasteiger partial charge on any atom is 0.412 e. The van der Waals surface area contributed by atoms with E-state index >= 15 is 0 Å². The molecule has 2 rings (SSSR count). The van der Waals surface area contributed by atoms with Crippen molar-refractivity contribution in [3.05, 3.63) is 35.9 Å². The Labute approximate surface area is 151 Å². The average molecular weight is 361 g/mol. The van der Waals surface area contributed by atoms with Crippen molar-refractivity contribution in [2.45, 2.75) is 26.0 Å². The predicted octanol–water partition coefficient (Wildman–Crippen LogP) is 2.05. The third-order valence-electron chi connectivity index (χ3n) is 3.69. The number of carbonyl (C=O) groups is 1. The molecule has 0 fully saturated rings. The monoisotopic (exact) mass is 361 g/mol. The first kappa shape index (κ1) is 19.1. The van der Waals surface area contributed by atoms with Crippen molar-refractivity contribution in [1.82, 2.24) is 4.98 Å². The van der Waals surface area contributed by atoms with Gasteiger partial charge in [0.25, 0.3) is 0 Å². The molecule has 0 aliphatic heterocycles. The molecule has 1 heterocycles. The predicted molar refractivity (Wildman–Crippen MR) is 99.9 cm³/mol. The van der Waals surface area contributed by atoms with Crippen molar-refractivity contribution < 1.29 is 19.7 Å². The second-order valence-corrected chi connectivity index (χ2v) is 5.67. The number of pyridine rings is 1. The number of aliphatic hydroxyl groups is 1. The Morgan fingerprint density at radius 2 is 1.96 bits per heavy atom. The molecule has 0 radical (unpaired) electrons. The molecule has 0 aliphatic carbocycles. The average Bonchev–Trinajstić information content (AvgIpc) is 2.59. The summed E-state index contributed by atoms with van der Waals surface area (Å²) >= 11 is 0.